The largest absolute Gasteiger partial charge is 0.490 e. The minimum atomic E-state index is -1.13. The zero-order chi connectivity index (χ0) is 23.8. The predicted octanol–water partition coefficient (Wildman–Crippen LogP) is 4.37. The van der Waals surface area contributed by atoms with Crippen molar-refractivity contribution >= 4 is 23.3 Å². The second-order valence-electron chi connectivity index (χ2n) is 6.98. The predicted molar refractivity (Wildman–Crippen MR) is 120 cm³/mol. The molecule has 1 amide bonds. The Morgan fingerprint density at radius 2 is 1.73 bits per heavy atom. The van der Waals surface area contributed by atoms with E-state index < -0.39 is 22.9 Å². The van der Waals surface area contributed by atoms with E-state index in [4.69, 9.17) is 14.2 Å². The third kappa shape index (κ3) is 6.30. The lowest BCUT2D eigenvalue weighted by Gasteiger charge is -2.14. The number of esters is 1. The third-order valence-electron chi connectivity index (χ3n) is 4.63. The molecular weight excluding hydrogens is 428 g/mol. The summed E-state index contributed by atoms with van der Waals surface area (Å²) in [5, 5.41) is 13.8. The zero-order valence-corrected chi connectivity index (χ0v) is 18.0. The Morgan fingerprint density at radius 3 is 2.36 bits per heavy atom. The van der Waals surface area contributed by atoms with Gasteiger partial charge in [0.15, 0.2) is 11.9 Å². The molecule has 0 spiro atoms. The highest BCUT2D eigenvalue weighted by molar-refractivity contribution is 5.97. The molecule has 0 aliphatic heterocycles. The smallest absolute Gasteiger partial charge is 0.339 e. The summed E-state index contributed by atoms with van der Waals surface area (Å²) in [7, 11) is 1.29. The first-order valence-corrected chi connectivity index (χ1v) is 9.98. The number of ether oxygens (including phenoxy) is 3. The number of nitro benzene ring substituents is 1. The summed E-state index contributed by atoms with van der Waals surface area (Å²) in [4.78, 5) is 35.2. The first kappa shape index (κ1) is 23.3. The second kappa shape index (κ2) is 10.8. The van der Waals surface area contributed by atoms with Crippen LogP contribution in [0.25, 0.3) is 0 Å². The molecule has 9 nitrogen and oxygen atoms in total. The lowest BCUT2D eigenvalue weighted by Crippen LogP contribution is -2.30. The fourth-order valence-electron chi connectivity index (χ4n) is 2.86. The molecule has 3 aromatic rings. The monoisotopic (exact) mass is 450 g/mol. The number of carbonyl (C=O) groups is 2. The van der Waals surface area contributed by atoms with Crippen LogP contribution in [-0.2, 0) is 16.1 Å². The molecule has 0 radical (unpaired) electrons. The number of hydrogen-bond donors (Lipinski definition) is 1. The van der Waals surface area contributed by atoms with Crippen molar-refractivity contribution in [3.05, 3.63) is 94.0 Å². The number of amides is 1. The van der Waals surface area contributed by atoms with Crippen molar-refractivity contribution in [1.29, 1.82) is 0 Å². The van der Waals surface area contributed by atoms with Crippen molar-refractivity contribution < 1.29 is 28.7 Å². The van der Waals surface area contributed by atoms with Crippen LogP contribution in [-0.4, -0.2) is 30.0 Å². The minimum absolute atomic E-state index is 0.0125. The molecule has 170 valence electrons. The van der Waals surface area contributed by atoms with Crippen LogP contribution in [0, 0.1) is 10.1 Å². The number of benzene rings is 3. The summed E-state index contributed by atoms with van der Waals surface area (Å²) in [6.45, 7) is 1.82. The van der Waals surface area contributed by atoms with Crippen molar-refractivity contribution in [2.24, 2.45) is 0 Å². The number of nitrogens with zero attached hydrogens (tertiary/aromatic N) is 1. The van der Waals surface area contributed by atoms with E-state index in [2.05, 4.69) is 5.32 Å². The molecule has 9 heteroatoms. The first-order valence-electron chi connectivity index (χ1n) is 9.98. The van der Waals surface area contributed by atoms with Crippen molar-refractivity contribution in [3.63, 3.8) is 0 Å². The fraction of sp³-hybridized carbons (Fsp3) is 0.167. The molecule has 0 aliphatic carbocycles. The van der Waals surface area contributed by atoms with Gasteiger partial charge in [-0.05, 0) is 48.9 Å². The molecule has 1 unspecified atom stereocenters. The normalized spacial score (nSPS) is 11.2. The standard InChI is InChI=1S/C24H22N2O7/c1-16(33-24(28)18-8-13-22(31-2)21(14-18)26(29)30)23(27)25-19-9-11-20(12-10-19)32-15-17-6-4-3-5-7-17/h3-14,16H,15H2,1-2H3,(H,25,27). The molecule has 1 atom stereocenters. The van der Waals surface area contributed by atoms with E-state index >= 15 is 0 Å². The van der Waals surface area contributed by atoms with Crippen LogP contribution in [0.15, 0.2) is 72.8 Å². The zero-order valence-electron chi connectivity index (χ0n) is 18.0. The van der Waals surface area contributed by atoms with Crippen molar-refractivity contribution in [2.75, 3.05) is 12.4 Å². The molecule has 33 heavy (non-hydrogen) atoms. The molecule has 0 aromatic heterocycles. The lowest BCUT2D eigenvalue weighted by molar-refractivity contribution is -0.385. The summed E-state index contributed by atoms with van der Waals surface area (Å²) < 4.78 is 15.8. The van der Waals surface area contributed by atoms with E-state index in [0.29, 0.717) is 18.0 Å². The van der Waals surface area contributed by atoms with Gasteiger partial charge >= 0.3 is 11.7 Å². The van der Waals surface area contributed by atoms with Crippen molar-refractivity contribution in [3.8, 4) is 11.5 Å². The maximum Gasteiger partial charge on any atom is 0.339 e. The van der Waals surface area contributed by atoms with Crippen LogP contribution in [0.3, 0.4) is 0 Å². The average Bonchev–Trinajstić information content (AvgIpc) is 2.83. The van der Waals surface area contributed by atoms with Crippen LogP contribution >= 0.6 is 0 Å². The van der Waals surface area contributed by atoms with Crippen LogP contribution in [0.2, 0.25) is 0 Å². The van der Waals surface area contributed by atoms with E-state index in [1.165, 1.54) is 26.2 Å². The van der Waals surface area contributed by atoms with E-state index in [9.17, 15) is 19.7 Å². The van der Waals surface area contributed by atoms with E-state index in [-0.39, 0.29) is 17.0 Å². The highest BCUT2D eigenvalue weighted by atomic mass is 16.6. The minimum Gasteiger partial charge on any atom is -0.490 e. The van der Waals surface area contributed by atoms with Gasteiger partial charge in [-0.15, -0.1) is 0 Å². The average molecular weight is 450 g/mol. The van der Waals surface area contributed by atoms with Crippen LogP contribution in [0.5, 0.6) is 11.5 Å². The number of nitro groups is 1. The SMILES string of the molecule is COc1ccc(C(=O)OC(C)C(=O)Nc2ccc(OCc3ccccc3)cc2)cc1[N+](=O)[O-]. The van der Waals surface area contributed by atoms with Gasteiger partial charge in [-0.3, -0.25) is 14.9 Å². The Hall–Kier alpha value is -4.40. The maximum absolute atomic E-state index is 12.4. The summed E-state index contributed by atoms with van der Waals surface area (Å²) in [5.74, 6) is -0.770. The summed E-state index contributed by atoms with van der Waals surface area (Å²) in [6.07, 6.45) is -1.13. The molecule has 0 aliphatic rings. The molecule has 3 aromatic carbocycles. The van der Waals surface area contributed by atoms with Gasteiger partial charge in [0.1, 0.15) is 12.4 Å². The maximum atomic E-state index is 12.4. The van der Waals surface area contributed by atoms with Gasteiger partial charge in [0.25, 0.3) is 5.91 Å². The molecule has 0 saturated heterocycles. The molecule has 1 N–H and O–H groups in total. The van der Waals surface area contributed by atoms with Gasteiger partial charge in [0.05, 0.1) is 17.6 Å². The quantitative estimate of drug-likeness (QED) is 0.292. The molecule has 3 rings (SSSR count). The second-order valence-corrected chi connectivity index (χ2v) is 6.98. The Kier molecular flexibility index (Phi) is 7.59. The summed E-state index contributed by atoms with van der Waals surface area (Å²) >= 11 is 0. The molecular formula is C24H22N2O7. The Labute approximate surface area is 190 Å². The van der Waals surface area contributed by atoms with Crippen molar-refractivity contribution in [1.82, 2.24) is 0 Å². The lowest BCUT2D eigenvalue weighted by atomic mass is 10.2. The van der Waals surface area contributed by atoms with Gasteiger partial charge < -0.3 is 19.5 Å². The number of methoxy groups -OCH3 is 1. The van der Waals surface area contributed by atoms with Gasteiger partial charge in [0, 0.05) is 11.8 Å². The van der Waals surface area contributed by atoms with E-state index in [1.54, 1.807) is 24.3 Å². The number of anilines is 1. The van der Waals surface area contributed by atoms with Gasteiger partial charge in [-0.1, -0.05) is 30.3 Å². The van der Waals surface area contributed by atoms with E-state index in [1.807, 2.05) is 30.3 Å². The molecule has 0 heterocycles. The fourth-order valence-corrected chi connectivity index (χ4v) is 2.86. The van der Waals surface area contributed by atoms with Crippen LogP contribution < -0.4 is 14.8 Å². The first-order chi connectivity index (χ1) is 15.9. The van der Waals surface area contributed by atoms with Gasteiger partial charge in [0.2, 0.25) is 0 Å². The summed E-state index contributed by atoms with van der Waals surface area (Å²) in [5.41, 5.74) is 1.09. The highest BCUT2D eigenvalue weighted by Crippen LogP contribution is 2.28. The summed E-state index contributed by atoms with van der Waals surface area (Å²) in [6, 6.07) is 20.1. The Morgan fingerprint density at radius 1 is 1.03 bits per heavy atom. The van der Waals surface area contributed by atoms with Crippen LogP contribution in [0.4, 0.5) is 11.4 Å². The number of rotatable bonds is 9. The Bertz CT molecular complexity index is 1130. The highest BCUT2D eigenvalue weighted by Gasteiger charge is 2.23. The van der Waals surface area contributed by atoms with E-state index in [0.717, 1.165) is 11.6 Å². The topological polar surface area (TPSA) is 117 Å². The molecule has 0 bridgehead atoms. The third-order valence-corrected chi connectivity index (χ3v) is 4.63. The van der Waals surface area contributed by atoms with Crippen molar-refractivity contribution in [2.45, 2.75) is 19.6 Å². The van der Waals surface area contributed by atoms with Gasteiger partial charge in [-0.25, -0.2) is 4.79 Å². The number of hydrogen-bond acceptors (Lipinski definition) is 7. The van der Waals surface area contributed by atoms with Gasteiger partial charge in [-0.2, -0.15) is 0 Å². The molecule has 0 saturated carbocycles. The molecule has 0 fully saturated rings. The van der Waals surface area contributed by atoms with Crippen LogP contribution in [0.1, 0.15) is 22.8 Å². The number of nitrogens with one attached hydrogen (secondary N) is 1. The number of carbonyl (C=O) groups excluding carboxylic acids is 2. The Balaban J connectivity index is 1.55.